The van der Waals surface area contributed by atoms with Crippen molar-refractivity contribution >= 4 is 79.2 Å². The molecular formula is C42H27BN2O. The zero-order chi connectivity index (χ0) is 30.2. The normalized spacial score (nSPS) is 13.1. The summed E-state index contributed by atoms with van der Waals surface area (Å²) in [4.78, 5) is 4.90. The van der Waals surface area contributed by atoms with Crippen LogP contribution < -0.4 is 26.2 Å². The standard InChI is InChI=1S/C42H27BN2O/c1-3-14-29(15-4-1)44-36-23-10-8-21-34(36)43-35-22-9-11-24-37(35)45(30-16-5-2-6-17-30)39-27-28(26-38(44)41(39)43)31-19-13-20-33-32-18-7-12-25-40(32)46-42(31)33/h1-27H. The molecule has 3 nitrogen and oxygen atoms in total. The first-order valence-electron chi connectivity index (χ1n) is 15.8. The van der Waals surface area contributed by atoms with Crippen LogP contribution in [0.2, 0.25) is 0 Å². The van der Waals surface area contributed by atoms with Crippen LogP contribution in [0, 0.1) is 0 Å². The van der Waals surface area contributed by atoms with Crippen molar-refractivity contribution in [2.45, 2.75) is 0 Å². The Hall–Kier alpha value is -6.00. The first-order chi connectivity index (χ1) is 22.8. The molecule has 0 amide bonds. The summed E-state index contributed by atoms with van der Waals surface area (Å²) in [5, 5.41) is 2.27. The maximum atomic E-state index is 6.60. The molecule has 7 aromatic carbocycles. The monoisotopic (exact) mass is 586 g/mol. The summed E-state index contributed by atoms with van der Waals surface area (Å²) < 4.78 is 6.60. The third-order valence-electron chi connectivity index (χ3n) is 9.63. The molecular weight excluding hydrogens is 559 g/mol. The molecule has 0 unspecified atom stereocenters. The van der Waals surface area contributed by atoms with E-state index in [0.717, 1.165) is 44.4 Å². The molecule has 0 saturated carbocycles. The molecule has 0 bridgehead atoms. The van der Waals surface area contributed by atoms with Gasteiger partial charge in [0.15, 0.2) is 0 Å². The van der Waals surface area contributed by atoms with Gasteiger partial charge in [0.2, 0.25) is 0 Å². The van der Waals surface area contributed by atoms with Crippen LogP contribution in [-0.2, 0) is 0 Å². The van der Waals surface area contributed by atoms with Crippen molar-refractivity contribution in [1.82, 2.24) is 0 Å². The van der Waals surface area contributed by atoms with Gasteiger partial charge in [-0.2, -0.15) is 0 Å². The van der Waals surface area contributed by atoms with E-state index in [1.54, 1.807) is 0 Å². The maximum absolute atomic E-state index is 6.60. The summed E-state index contributed by atoms with van der Waals surface area (Å²) >= 11 is 0. The topological polar surface area (TPSA) is 19.6 Å². The molecule has 8 aromatic rings. The minimum absolute atomic E-state index is 0.0911. The van der Waals surface area contributed by atoms with Gasteiger partial charge in [-0.1, -0.05) is 109 Å². The van der Waals surface area contributed by atoms with Gasteiger partial charge in [0.05, 0.1) is 0 Å². The van der Waals surface area contributed by atoms with Gasteiger partial charge < -0.3 is 14.2 Å². The van der Waals surface area contributed by atoms with Crippen molar-refractivity contribution < 1.29 is 4.42 Å². The largest absolute Gasteiger partial charge is 0.455 e. The van der Waals surface area contributed by atoms with Crippen molar-refractivity contribution in [2.24, 2.45) is 0 Å². The number of rotatable bonds is 3. The van der Waals surface area contributed by atoms with Crippen LogP contribution in [0.25, 0.3) is 33.1 Å². The molecule has 0 saturated heterocycles. The van der Waals surface area contributed by atoms with E-state index in [4.69, 9.17) is 4.42 Å². The number of furan rings is 1. The predicted molar refractivity (Wildman–Crippen MR) is 193 cm³/mol. The van der Waals surface area contributed by atoms with Crippen LogP contribution in [0.4, 0.5) is 34.1 Å². The Morgan fingerprint density at radius 2 is 0.957 bits per heavy atom. The molecule has 0 fully saturated rings. The predicted octanol–water partition coefficient (Wildman–Crippen LogP) is 9.34. The third-order valence-corrected chi connectivity index (χ3v) is 9.63. The molecule has 0 atom stereocenters. The van der Waals surface area contributed by atoms with E-state index in [1.165, 1.54) is 39.1 Å². The second-order valence-corrected chi connectivity index (χ2v) is 12.1. The fraction of sp³-hybridized carbons (Fsp3) is 0. The molecule has 46 heavy (non-hydrogen) atoms. The Balaban J connectivity index is 1.34. The maximum Gasteiger partial charge on any atom is 0.252 e. The number of benzene rings is 7. The van der Waals surface area contributed by atoms with E-state index < -0.39 is 0 Å². The molecule has 4 heteroatoms. The zero-order valence-electron chi connectivity index (χ0n) is 25.0. The zero-order valence-corrected chi connectivity index (χ0v) is 25.0. The van der Waals surface area contributed by atoms with Crippen molar-refractivity contribution in [3.05, 3.63) is 164 Å². The van der Waals surface area contributed by atoms with E-state index in [-0.39, 0.29) is 6.71 Å². The first kappa shape index (κ1) is 25.3. The molecule has 214 valence electrons. The van der Waals surface area contributed by atoms with Crippen LogP contribution in [-0.4, -0.2) is 6.71 Å². The van der Waals surface area contributed by atoms with E-state index in [1.807, 2.05) is 6.07 Å². The van der Waals surface area contributed by atoms with Crippen LogP contribution in [0.3, 0.4) is 0 Å². The number of nitrogens with zero attached hydrogens (tertiary/aromatic N) is 2. The average molecular weight is 587 g/mol. The fourth-order valence-corrected chi connectivity index (χ4v) is 7.74. The molecule has 0 spiro atoms. The number of anilines is 6. The number of para-hydroxylation sites is 6. The van der Waals surface area contributed by atoms with Gasteiger partial charge in [-0.3, -0.25) is 0 Å². The lowest BCUT2D eigenvalue weighted by Crippen LogP contribution is -2.61. The first-order valence-corrected chi connectivity index (χ1v) is 15.8. The Morgan fingerprint density at radius 1 is 0.435 bits per heavy atom. The van der Waals surface area contributed by atoms with E-state index in [0.29, 0.717) is 0 Å². The van der Waals surface area contributed by atoms with Gasteiger partial charge in [0, 0.05) is 50.5 Å². The van der Waals surface area contributed by atoms with Gasteiger partial charge in [0.1, 0.15) is 11.2 Å². The third kappa shape index (κ3) is 3.55. The number of hydrogen-bond acceptors (Lipinski definition) is 3. The highest BCUT2D eigenvalue weighted by atomic mass is 16.3. The molecule has 10 rings (SSSR count). The number of fused-ring (bicyclic) bond motifs is 7. The van der Waals surface area contributed by atoms with Crippen LogP contribution >= 0.6 is 0 Å². The average Bonchev–Trinajstić information content (AvgIpc) is 3.51. The molecule has 3 heterocycles. The highest BCUT2D eigenvalue weighted by Gasteiger charge is 2.43. The lowest BCUT2D eigenvalue weighted by atomic mass is 9.33. The Kier molecular flexibility index (Phi) is 5.37. The molecule has 2 aliphatic rings. The Morgan fingerprint density at radius 3 is 1.59 bits per heavy atom. The van der Waals surface area contributed by atoms with E-state index in [2.05, 4.69) is 168 Å². The van der Waals surface area contributed by atoms with Gasteiger partial charge in [-0.15, -0.1) is 0 Å². The smallest absolute Gasteiger partial charge is 0.252 e. The Labute approximate surface area is 267 Å². The second kappa shape index (κ2) is 9.75. The van der Waals surface area contributed by atoms with Crippen molar-refractivity contribution in [3.63, 3.8) is 0 Å². The highest BCUT2D eigenvalue weighted by Crippen LogP contribution is 2.47. The summed E-state index contributed by atoms with van der Waals surface area (Å²) in [5.41, 5.74) is 15.0. The quantitative estimate of drug-likeness (QED) is 0.192. The lowest BCUT2D eigenvalue weighted by molar-refractivity contribution is 0.670. The summed E-state index contributed by atoms with van der Waals surface area (Å²) in [7, 11) is 0. The van der Waals surface area contributed by atoms with Crippen molar-refractivity contribution in [2.75, 3.05) is 9.80 Å². The number of hydrogen-bond donors (Lipinski definition) is 0. The van der Waals surface area contributed by atoms with Crippen LogP contribution in [0.1, 0.15) is 0 Å². The van der Waals surface area contributed by atoms with E-state index >= 15 is 0 Å². The molecule has 0 N–H and O–H groups in total. The second-order valence-electron chi connectivity index (χ2n) is 12.1. The molecule has 1 aromatic heterocycles. The van der Waals surface area contributed by atoms with Gasteiger partial charge in [0.25, 0.3) is 6.71 Å². The lowest BCUT2D eigenvalue weighted by Gasteiger charge is -2.44. The summed E-state index contributed by atoms with van der Waals surface area (Å²) in [5.74, 6) is 0. The van der Waals surface area contributed by atoms with Gasteiger partial charge in [-0.05, 0) is 76.5 Å². The minimum atomic E-state index is 0.0911. The van der Waals surface area contributed by atoms with Crippen molar-refractivity contribution in [3.8, 4) is 11.1 Å². The fourth-order valence-electron chi connectivity index (χ4n) is 7.74. The molecule has 0 radical (unpaired) electrons. The molecule has 2 aliphatic heterocycles. The summed E-state index contributed by atoms with van der Waals surface area (Å²) in [6.45, 7) is 0.0911. The highest BCUT2D eigenvalue weighted by molar-refractivity contribution is 7.00. The van der Waals surface area contributed by atoms with Crippen LogP contribution in [0.15, 0.2) is 168 Å². The minimum Gasteiger partial charge on any atom is -0.455 e. The van der Waals surface area contributed by atoms with Crippen molar-refractivity contribution in [1.29, 1.82) is 0 Å². The van der Waals surface area contributed by atoms with Crippen LogP contribution in [0.5, 0.6) is 0 Å². The SMILES string of the molecule is c1ccc(N2c3ccccc3B3c4ccccc4N(c4ccccc4)c4cc(-c5cccc6c5oc5ccccc56)cc2c43)cc1. The summed E-state index contributed by atoms with van der Waals surface area (Å²) in [6.07, 6.45) is 0. The van der Waals surface area contributed by atoms with Gasteiger partial charge in [-0.25, -0.2) is 0 Å². The van der Waals surface area contributed by atoms with Gasteiger partial charge >= 0.3 is 0 Å². The van der Waals surface area contributed by atoms with E-state index in [9.17, 15) is 0 Å². The molecule has 0 aliphatic carbocycles. The Bertz CT molecular complexity index is 2340. The summed E-state index contributed by atoms with van der Waals surface area (Å²) in [6, 6.07) is 58.9.